The predicted octanol–water partition coefficient (Wildman–Crippen LogP) is 3.44. The zero-order valence-corrected chi connectivity index (χ0v) is 21.9. The Morgan fingerprint density at radius 3 is 1.62 bits per heavy atom. The maximum atomic E-state index is 13.0. The van der Waals surface area contributed by atoms with Crippen LogP contribution in [0.4, 0.5) is 0 Å². The third-order valence-corrected chi connectivity index (χ3v) is 5.91. The Balaban J connectivity index is 2.15. The van der Waals surface area contributed by atoms with E-state index in [2.05, 4.69) is 0 Å². The van der Waals surface area contributed by atoms with E-state index < -0.39 is 17.9 Å². The second kappa shape index (κ2) is 12.1. The Kier molecular flexibility index (Phi) is 8.89. The number of ether oxygens (including phenoxy) is 7. The van der Waals surface area contributed by atoms with Gasteiger partial charge in [0.05, 0.1) is 66.8 Å². The van der Waals surface area contributed by atoms with Gasteiger partial charge >= 0.3 is 11.9 Å². The molecule has 0 fully saturated rings. The van der Waals surface area contributed by atoms with Gasteiger partial charge in [0.2, 0.25) is 5.75 Å². The van der Waals surface area contributed by atoms with E-state index >= 15 is 0 Å². The quantitative estimate of drug-likeness (QED) is 0.439. The highest BCUT2D eigenvalue weighted by molar-refractivity contribution is 5.98. The molecule has 0 saturated heterocycles. The van der Waals surface area contributed by atoms with Crippen LogP contribution < -0.4 is 23.7 Å². The summed E-state index contributed by atoms with van der Waals surface area (Å²) in [6.45, 7) is 0.323. The molecule has 0 radical (unpaired) electrons. The van der Waals surface area contributed by atoms with Crippen molar-refractivity contribution in [2.75, 3.05) is 49.8 Å². The first-order valence-electron chi connectivity index (χ1n) is 11.2. The van der Waals surface area contributed by atoms with Crippen LogP contribution >= 0.6 is 0 Å². The van der Waals surface area contributed by atoms with Gasteiger partial charge in [-0.1, -0.05) is 6.07 Å². The van der Waals surface area contributed by atoms with E-state index in [0.717, 1.165) is 5.56 Å². The fraction of sp³-hybridized carbons (Fsp3) is 0.333. The minimum Gasteiger partial charge on any atom is -0.493 e. The Hall–Kier alpha value is -4.34. The molecule has 0 aromatic heterocycles. The van der Waals surface area contributed by atoms with Crippen molar-refractivity contribution in [2.45, 2.75) is 12.5 Å². The number of esters is 2. The van der Waals surface area contributed by atoms with Crippen LogP contribution in [0.2, 0.25) is 0 Å². The van der Waals surface area contributed by atoms with Gasteiger partial charge in [-0.25, -0.2) is 9.59 Å². The zero-order valence-electron chi connectivity index (χ0n) is 21.9. The lowest BCUT2D eigenvalue weighted by Gasteiger charge is -2.30. The number of carbonyl (C=O) groups is 2. The second-order valence-electron chi connectivity index (χ2n) is 7.91. The highest BCUT2D eigenvalue weighted by atomic mass is 16.5. The van der Waals surface area contributed by atoms with Gasteiger partial charge in [-0.2, -0.15) is 0 Å². The first kappa shape index (κ1) is 27.3. The lowest BCUT2D eigenvalue weighted by molar-refractivity contribution is -0.137. The number of methoxy groups -OCH3 is 7. The van der Waals surface area contributed by atoms with Crippen LogP contribution in [0, 0.1) is 0 Å². The minimum absolute atomic E-state index is 0.222. The van der Waals surface area contributed by atoms with Crippen LogP contribution in [0.1, 0.15) is 17.0 Å². The lowest BCUT2D eigenvalue weighted by Crippen LogP contribution is -2.28. The number of hydrogen-bond donors (Lipinski definition) is 0. The van der Waals surface area contributed by atoms with Crippen molar-refractivity contribution < 1.29 is 42.7 Å². The van der Waals surface area contributed by atoms with Gasteiger partial charge in [-0.05, 0) is 35.4 Å². The highest BCUT2D eigenvalue weighted by Gasteiger charge is 2.36. The Morgan fingerprint density at radius 1 is 0.676 bits per heavy atom. The summed E-state index contributed by atoms with van der Waals surface area (Å²) in [5, 5.41) is 0. The highest BCUT2D eigenvalue weighted by Crippen LogP contribution is 2.45. The molecule has 0 bridgehead atoms. The van der Waals surface area contributed by atoms with Crippen LogP contribution in [0.3, 0.4) is 0 Å². The van der Waals surface area contributed by atoms with Gasteiger partial charge in [0.15, 0.2) is 23.0 Å². The van der Waals surface area contributed by atoms with Gasteiger partial charge in [-0.15, -0.1) is 0 Å². The molecule has 3 rings (SSSR count). The molecule has 0 unspecified atom stereocenters. The van der Waals surface area contributed by atoms with Crippen molar-refractivity contribution >= 4 is 11.9 Å². The molecule has 0 atom stereocenters. The fourth-order valence-electron chi connectivity index (χ4n) is 4.20. The van der Waals surface area contributed by atoms with Crippen LogP contribution in [0.5, 0.6) is 28.7 Å². The van der Waals surface area contributed by atoms with E-state index in [0.29, 0.717) is 40.9 Å². The van der Waals surface area contributed by atoms with Crippen molar-refractivity contribution in [3.63, 3.8) is 0 Å². The van der Waals surface area contributed by atoms with E-state index in [1.807, 2.05) is 12.1 Å². The molecule has 1 aliphatic heterocycles. The van der Waals surface area contributed by atoms with Gasteiger partial charge in [0.25, 0.3) is 0 Å². The predicted molar refractivity (Wildman–Crippen MR) is 134 cm³/mol. The van der Waals surface area contributed by atoms with Gasteiger partial charge in [0.1, 0.15) is 0 Å². The van der Waals surface area contributed by atoms with Crippen LogP contribution in [0.15, 0.2) is 53.9 Å². The van der Waals surface area contributed by atoms with Crippen molar-refractivity contribution in [1.29, 1.82) is 0 Å². The molecule has 2 aromatic rings. The van der Waals surface area contributed by atoms with E-state index in [1.54, 1.807) is 49.7 Å². The number of carbonyl (C=O) groups excluding carboxylic acids is 2. The molecule has 37 heavy (non-hydrogen) atoms. The molecule has 0 amide bonds. The summed E-state index contributed by atoms with van der Waals surface area (Å²) < 4.78 is 37.3. The van der Waals surface area contributed by atoms with Crippen LogP contribution in [-0.4, -0.2) is 66.6 Å². The lowest BCUT2D eigenvalue weighted by atomic mass is 9.83. The van der Waals surface area contributed by atoms with Crippen LogP contribution in [-0.2, 0) is 25.6 Å². The molecule has 0 N–H and O–H groups in total. The molecule has 10 heteroatoms. The summed E-state index contributed by atoms with van der Waals surface area (Å²) in [5.74, 6) is 0.236. The first-order valence-corrected chi connectivity index (χ1v) is 11.2. The standard InChI is InChI=1S/C27H31NO9/c1-31-20-9-8-16(10-21(20)32-2)13-28-14-18(26(29)36-6)24(19(15-28)27(30)37-7)17-11-22(33-3)25(35-5)23(12-17)34-4/h8-12,14-15,24H,13H2,1-7H3. The van der Waals surface area contributed by atoms with Crippen molar-refractivity contribution in [2.24, 2.45) is 0 Å². The average Bonchev–Trinajstić information content (AvgIpc) is 2.94. The smallest absolute Gasteiger partial charge is 0.336 e. The molecule has 1 heterocycles. The molecular weight excluding hydrogens is 482 g/mol. The van der Waals surface area contributed by atoms with Gasteiger partial charge < -0.3 is 38.1 Å². The zero-order chi connectivity index (χ0) is 27.1. The van der Waals surface area contributed by atoms with E-state index in [-0.39, 0.29) is 11.1 Å². The monoisotopic (exact) mass is 513 g/mol. The normalized spacial score (nSPS) is 13.2. The summed E-state index contributed by atoms with van der Waals surface area (Å²) in [4.78, 5) is 27.7. The largest absolute Gasteiger partial charge is 0.493 e. The molecule has 0 spiro atoms. The molecule has 0 aliphatic carbocycles. The molecular formula is C27H31NO9. The van der Waals surface area contributed by atoms with Crippen molar-refractivity contribution in [3.8, 4) is 28.7 Å². The Labute approximate surface area is 215 Å². The molecule has 198 valence electrons. The topological polar surface area (TPSA) is 102 Å². The summed E-state index contributed by atoms with van der Waals surface area (Å²) in [7, 11) is 10.1. The molecule has 0 saturated carbocycles. The van der Waals surface area contributed by atoms with Gasteiger partial charge in [0, 0.05) is 18.9 Å². The van der Waals surface area contributed by atoms with Gasteiger partial charge in [-0.3, -0.25) is 0 Å². The third kappa shape index (κ3) is 5.58. The first-order chi connectivity index (χ1) is 17.8. The number of nitrogens with zero attached hydrogens (tertiary/aromatic N) is 1. The SMILES string of the molecule is COC(=O)C1=CN(Cc2ccc(OC)c(OC)c2)C=C(C(=O)OC)C1c1cc(OC)c(OC)c(OC)c1. The third-order valence-electron chi connectivity index (χ3n) is 5.91. The van der Waals surface area contributed by atoms with Crippen LogP contribution in [0.25, 0.3) is 0 Å². The summed E-state index contributed by atoms with van der Waals surface area (Å²) in [5.41, 5.74) is 1.85. The summed E-state index contributed by atoms with van der Waals surface area (Å²) >= 11 is 0. The average molecular weight is 514 g/mol. The summed E-state index contributed by atoms with van der Waals surface area (Å²) in [6, 6.07) is 8.84. The van der Waals surface area contributed by atoms with Crippen molar-refractivity contribution in [1.82, 2.24) is 4.90 Å². The minimum atomic E-state index is -0.824. The summed E-state index contributed by atoms with van der Waals surface area (Å²) in [6.07, 6.45) is 3.28. The Bertz CT molecular complexity index is 1160. The number of benzene rings is 2. The fourth-order valence-corrected chi connectivity index (χ4v) is 4.20. The molecule has 1 aliphatic rings. The van der Waals surface area contributed by atoms with Crippen molar-refractivity contribution in [3.05, 3.63) is 65.0 Å². The maximum Gasteiger partial charge on any atom is 0.336 e. The number of hydrogen-bond acceptors (Lipinski definition) is 10. The molecule has 2 aromatic carbocycles. The van der Waals surface area contributed by atoms with E-state index in [1.165, 1.54) is 35.5 Å². The maximum absolute atomic E-state index is 13.0. The second-order valence-corrected chi connectivity index (χ2v) is 7.91. The molecule has 10 nitrogen and oxygen atoms in total. The van der Waals surface area contributed by atoms with E-state index in [4.69, 9.17) is 33.2 Å². The number of rotatable bonds is 10. The van der Waals surface area contributed by atoms with E-state index in [9.17, 15) is 9.59 Å². The Morgan fingerprint density at radius 2 is 1.19 bits per heavy atom.